The van der Waals surface area contributed by atoms with Crippen LogP contribution in [0.5, 0.6) is 5.75 Å². The summed E-state index contributed by atoms with van der Waals surface area (Å²) in [6.45, 7) is 2.97. The molecule has 170 valence electrons. The zero-order chi connectivity index (χ0) is 22.6. The van der Waals surface area contributed by atoms with E-state index in [0.29, 0.717) is 29.8 Å². The van der Waals surface area contributed by atoms with Crippen LogP contribution >= 0.6 is 0 Å². The number of fused-ring (bicyclic) bond motifs is 1. The summed E-state index contributed by atoms with van der Waals surface area (Å²) in [7, 11) is 1.60. The molecule has 0 bridgehead atoms. The Hall–Kier alpha value is -3.65. The second kappa shape index (κ2) is 9.46. The highest BCUT2D eigenvalue weighted by atomic mass is 16.5. The third kappa shape index (κ3) is 4.75. The van der Waals surface area contributed by atoms with Crippen LogP contribution in [0.1, 0.15) is 25.2 Å². The number of likely N-dealkylation sites (tertiary alicyclic amines) is 1. The lowest BCUT2D eigenvalue weighted by atomic mass is 10.1. The molecule has 0 unspecified atom stereocenters. The van der Waals surface area contributed by atoms with E-state index in [-0.39, 0.29) is 12.5 Å². The molecule has 1 fully saturated rings. The molecule has 4 aromatic rings. The summed E-state index contributed by atoms with van der Waals surface area (Å²) in [6, 6.07) is 15.2. The van der Waals surface area contributed by atoms with Gasteiger partial charge < -0.3 is 19.0 Å². The quantitative estimate of drug-likeness (QED) is 0.456. The minimum absolute atomic E-state index is 0.133. The van der Waals surface area contributed by atoms with Crippen molar-refractivity contribution >= 4 is 22.5 Å². The number of amides is 1. The second-order valence-electron chi connectivity index (χ2n) is 8.31. The van der Waals surface area contributed by atoms with Crippen molar-refractivity contribution in [3.63, 3.8) is 0 Å². The number of rotatable bonds is 7. The van der Waals surface area contributed by atoms with Gasteiger partial charge in [-0.2, -0.15) is 0 Å². The molecule has 1 saturated heterocycles. The van der Waals surface area contributed by atoms with Gasteiger partial charge >= 0.3 is 0 Å². The van der Waals surface area contributed by atoms with Crippen LogP contribution in [0.25, 0.3) is 22.4 Å². The second-order valence-corrected chi connectivity index (χ2v) is 8.31. The molecule has 0 saturated carbocycles. The largest absolute Gasteiger partial charge is 0.497 e. The first-order chi connectivity index (χ1) is 16.2. The van der Waals surface area contributed by atoms with Crippen LogP contribution in [0.15, 0.2) is 59.1 Å². The van der Waals surface area contributed by atoms with Gasteiger partial charge in [-0.3, -0.25) is 9.69 Å². The molecule has 33 heavy (non-hydrogen) atoms. The monoisotopic (exact) mass is 445 g/mol. The number of hydrogen-bond donors (Lipinski definition) is 1. The van der Waals surface area contributed by atoms with Crippen LogP contribution < -0.4 is 10.1 Å². The Labute approximate surface area is 192 Å². The Bertz CT molecular complexity index is 1260. The Morgan fingerprint density at radius 1 is 1.09 bits per heavy atom. The van der Waals surface area contributed by atoms with Crippen molar-refractivity contribution in [2.24, 2.45) is 0 Å². The summed E-state index contributed by atoms with van der Waals surface area (Å²) in [4.78, 5) is 15.1. The van der Waals surface area contributed by atoms with Gasteiger partial charge in [0.2, 0.25) is 17.7 Å². The highest BCUT2D eigenvalue weighted by Crippen LogP contribution is 2.30. The lowest BCUT2D eigenvalue weighted by molar-refractivity contribution is -0.116. The molecule has 2 aromatic heterocycles. The van der Waals surface area contributed by atoms with Gasteiger partial charge in [0.15, 0.2) is 0 Å². The fourth-order valence-electron chi connectivity index (χ4n) is 4.34. The van der Waals surface area contributed by atoms with Crippen molar-refractivity contribution in [2.45, 2.75) is 32.4 Å². The normalized spacial score (nSPS) is 14.5. The third-order valence-corrected chi connectivity index (χ3v) is 5.96. The maximum absolute atomic E-state index is 12.8. The first-order valence-corrected chi connectivity index (χ1v) is 11.3. The summed E-state index contributed by atoms with van der Waals surface area (Å²) in [5.41, 5.74) is 2.46. The molecule has 5 rings (SSSR count). The van der Waals surface area contributed by atoms with Crippen LogP contribution in [-0.2, 0) is 17.9 Å². The molecular weight excluding hydrogens is 418 g/mol. The Kier molecular flexibility index (Phi) is 6.08. The molecular formula is C25H27N5O3. The molecule has 0 aliphatic carbocycles. The zero-order valence-electron chi connectivity index (χ0n) is 18.7. The fourth-order valence-corrected chi connectivity index (χ4v) is 4.34. The van der Waals surface area contributed by atoms with E-state index in [1.165, 1.54) is 19.3 Å². The van der Waals surface area contributed by atoms with Crippen molar-refractivity contribution in [3.8, 4) is 17.2 Å². The van der Waals surface area contributed by atoms with Crippen molar-refractivity contribution in [3.05, 3.63) is 60.6 Å². The number of para-hydroxylation sites is 1. The van der Waals surface area contributed by atoms with E-state index in [4.69, 9.17) is 9.15 Å². The highest BCUT2D eigenvalue weighted by molar-refractivity contribution is 5.96. The van der Waals surface area contributed by atoms with Crippen molar-refractivity contribution in [1.82, 2.24) is 19.7 Å². The van der Waals surface area contributed by atoms with Gasteiger partial charge in [-0.25, -0.2) is 0 Å². The van der Waals surface area contributed by atoms with Crippen molar-refractivity contribution in [1.29, 1.82) is 0 Å². The molecule has 1 aliphatic rings. The standard InChI is InChI=1S/C25H27N5O3/c1-32-19-9-7-8-18(14-19)26-23(31)16-30-15-21(20-10-3-4-11-22(20)30)25-28-27-24(33-25)17-29-12-5-2-6-13-29/h3-4,7-11,14-15H,2,5-6,12-13,16-17H2,1H3,(H,26,31). The van der Waals surface area contributed by atoms with E-state index < -0.39 is 0 Å². The molecule has 8 heteroatoms. The number of methoxy groups -OCH3 is 1. The van der Waals surface area contributed by atoms with Gasteiger partial charge in [0.1, 0.15) is 12.3 Å². The summed E-state index contributed by atoms with van der Waals surface area (Å²) >= 11 is 0. The van der Waals surface area contributed by atoms with E-state index >= 15 is 0 Å². The van der Waals surface area contributed by atoms with E-state index in [0.717, 1.165) is 29.6 Å². The Morgan fingerprint density at radius 3 is 2.79 bits per heavy atom. The number of anilines is 1. The number of nitrogens with zero attached hydrogens (tertiary/aromatic N) is 4. The average molecular weight is 446 g/mol. The van der Waals surface area contributed by atoms with Crippen LogP contribution in [0.2, 0.25) is 0 Å². The number of ether oxygens (including phenoxy) is 1. The van der Waals surface area contributed by atoms with E-state index in [2.05, 4.69) is 20.4 Å². The minimum atomic E-state index is -0.133. The Morgan fingerprint density at radius 2 is 1.94 bits per heavy atom. The molecule has 1 aliphatic heterocycles. The molecule has 2 aromatic carbocycles. The topological polar surface area (TPSA) is 85.4 Å². The fraction of sp³-hybridized carbons (Fsp3) is 0.320. The van der Waals surface area contributed by atoms with Gasteiger partial charge in [-0.15, -0.1) is 10.2 Å². The molecule has 0 spiro atoms. The van der Waals surface area contributed by atoms with Gasteiger partial charge in [0, 0.05) is 28.9 Å². The number of benzene rings is 2. The number of piperidine rings is 1. The van der Waals surface area contributed by atoms with Crippen LogP contribution in [0.4, 0.5) is 5.69 Å². The summed E-state index contributed by atoms with van der Waals surface area (Å²) in [5, 5.41) is 12.5. The van der Waals surface area contributed by atoms with Crippen molar-refractivity contribution in [2.75, 3.05) is 25.5 Å². The lowest BCUT2D eigenvalue weighted by Gasteiger charge is -2.24. The van der Waals surface area contributed by atoms with Gasteiger partial charge in [-0.1, -0.05) is 30.7 Å². The Balaban J connectivity index is 1.36. The van der Waals surface area contributed by atoms with Gasteiger partial charge in [0.25, 0.3) is 0 Å². The maximum atomic E-state index is 12.8. The molecule has 1 N–H and O–H groups in total. The minimum Gasteiger partial charge on any atom is -0.497 e. The van der Waals surface area contributed by atoms with Crippen molar-refractivity contribution < 1.29 is 13.9 Å². The van der Waals surface area contributed by atoms with Gasteiger partial charge in [0.05, 0.1) is 19.2 Å². The number of aromatic nitrogens is 3. The van der Waals surface area contributed by atoms with Gasteiger partial charge in [-0.05, 0) is 44.1 Å². The van der Waals surface area contributed by atoms with E-state index in [1.54, 1.807) is 13.2 Å². The first-order valence-electron chi connectivity index (χ1n) is 11.3. The molecule has 3 heterocycles. The van der Waals surface area contributed by atoms with Crippen LogP contribution in [0, 0.1) is 0 Å². The summed E-state index contributed by atoms with van der Waals surface area (Å²) in [5.74, 6) is 1.66. The highest BCUT2D eigenvalue weighted by Gasteiger charge is 2.19. The molecule has 0 atom stereocenters. The predicted molar refractivity (Wildman–Crippen MR) is 126 cm³/mol. The average Bonchev–Trinajstić information content (AvgIpc) is 3.44. The zero-order valence-corrected chi connectivity index (χ0v) is 18.7. The molecule has 1 amide bonds. The molecule has 8 nitrogen and oxygen atoms in total. The summed E-state index contributed by atoms with van der Waals surface area (Å²) in [6.07, 6.45) is 5.63. The predicted octanol–water partition coefficient (Wildman–Crippen LogP) is 4.32. The first kappa shape index (κ1) is 21.2. The lowest BCUT2D eigenvalue weighted by Crippen LogP contribution is -2.29. The van der Waals surface area contributed by atoms with Crippen LogP contribution in [-0.4, -0.2) is 45.8 Å². The summed E-state index contributed by atoms with van der Waals surface area (Å²) < 4.78 is 13.2. The number of nitrogens with one attached hydrogen (secondary N) is 1. The smallest absolute Gasteiger partial charge is 0.249 e. The van der Waals surface area contributed by atoms with Crippen LogP contribution in [0.3, 0.4) is 0 Å². The SMILES string of the molecule is COc1cccc(NC(=O)Cn2cc(-c3nnc(CN4CCCCC4)o3)c3ccccc32)c1. The number of carbonyl (C=O) groups is 1. The number of carbonyl (C=O) groups excluding carboxylic acids is 1. The third-order valence-electron chi connectivity index (χ3n) is 5.96. The number of hydrogen-bond acceptors (Lipinski definition) is 6. The van der Waals surface area contributed by atoms with E-state index in [1.807, 2.05) is 53.2 Å². The molecule has 0 radical (unpaired) electrons. The van der Waals surface area contributed by atoms with E-state index in [9.17, 15) is 4.79 Å². The maximum Gasteiger partial charge on any atom is 0.249 e.